The number of urea groups is 1. The fourth-order valence-electron chi connectivity index (χ4n) is 3.20. The zero-order valence-electron chi connectivity index (χ0n) is 16.3. The molecule has 0 spiro atoms. The highest BCUT2D eigenvalue weighted by atomic mass is 16.2. The summed E-state index contributed by atoms with van der Waals surface area (Å²) >= 11 is 0. The Kier molecular flexibility index (Phi) is 7.54. The molecule has 1 aromatic rings. The quantitative estimate of drug-likeness (QED) is 0.408. The molecule has 0 saturated carbocycles. The number of benzene rings is 1. The van der Waals surface area contributed by atoms with Crippen molar-refractivity contribution in [3.05, 3.63) is 35.9 Å². The number of nitrogens with two attached hydrogens (primary N) is 1. The number of amides is 5. The summed E-state index contributed by atoms with van der Waals surface area (Å²) in [5, 5.41) is 5.40. The van der Waals surface area contributed by atoms with Gasteiger partial charge in [-0.05, 0) is 24.3 Å². The predicted octanol–water partition coefficient (Wildman–Crippen LogP) is 0.946. The first kappa shape index (κ1) is 21.4. The first-order valence-electron chi connectivity index (χ1n) is 9.53. The summed E-state index contributed by atoms with van der Waals surface area (Å²) in [6.07, 6.45) is 1.40. The number of carbonyl (C=O) groups excluding carboxylic acids is 4. The summed E-state index contributed by atoms with van der Waals surface area (Å²) in [6, 6.07) is 6.95. The molecule has 1 saturated heterocycles. The molecule has 2 unspecified atom stereocenters. The highest BCUT2D eigenvalue weighted by Gasteiger charge is 2.43. The van der Waals surface area contributed by atoms with Gasteiger partial charge < -0.3 is 16.4 Å². The van der Waals surface area contributed by atoms with Crippen LogP contribution in [0.25, 0.3) is 0 Å². The van der Waals surface area contributed by atoms with Crippen LogP contribution in [0.1, 0.15) is 38.7 Å². The van der Waals surface area contributed by atoms with Crippen molar-refractivity contribution in [2.75, 3.05) is 6.54 Å². The molecule has 5 amide bonds. The smallest absolute Gasteiger partial charge is 0.325 e. The van der Waals surface area contributed by atoms with Crippen LogP contribution in [0.2, 0.25) is 0 Å². The number of nitrogens with zero attached hydrogens (tertiary/aromatic N) is 1. The molecule has 28 heavy (non-hydrogen) atoms. The van der Waals surface area contributed by atoms with Crippen molar-refractivity contribution >= 4 is 23.8 Å². The van der Waals surface area contributed by atoms with Gasteiger partial charge in [0.25, 0.3) is 5.91 Å². The number of nitrogens with one attached hydrogen (secondary N) is 2. The monoisotopic (exact) mass is 388 g/mol. The second kappa shape index (κ2) is 9.87. The minimum Gasteiger partial charge on any atom is -0.368 e. The summed E-state index contributed by atoms with van der Waals surface area (Å²) in [4.78, 5) is 49.5. The van der Waals surface area contributed by atoms with Gasteiger partial charge in [-0.15, -0.1) is 0 Å². The minimum absolute atomic E-state index is 0.0662. The van der Waals surface area contributed by atoms with E-state index in [1.807, 2.05) is 44.2 Å². The highest BCUT2D eigenvalue weighted by molar-refractivity contribution is 6.07. The van der Waals surface area contributed by atoms with E-state index in [9.17, 15) is 19.2 Å². The van der Waals surface area contributed by atoms with Gasteiger partial charge in [0.05, 0.1) is 0 Å². The van der Waals surface area contributed by atoms with Gasteiger partial charge in [-0.1, -0.05) is 44.2 Å². The lowest BCUT2D eigenvalue weighted by atomic mass is 10.0. The Morgan fingerprint density at radius 1 is 1.21 bits per heavy atom. The van der Waals surface area contributed by atoms with E-state index in [2.05, 4.69) is 10.6 Å². The van der Waals surface area contributed by atoms with Gasteiger partial charge in [-0.25, -0.2) is 9.69 Å². The standard InChI is InChI=1S/C20H28N4O4/c1-13(2)11-17(25)22-10-6-9-16(18(21)26)24-19(27)15(23-20(24)28)12-14-7-4-3-5-8-14/h3-5,7-8,13,15-16H,6,9-12H2,1-2H3,(H2,21,26)(H,22,25)(H,23,28). The van der Waals surface area contributed by atoms with Crippen molar-refractivity contribution in [2.45, 2.75) is 51.6 Å². The Morgan fingerprint density at radius 2 is 1.89 bits per heavy atom. The van der Waals surface area contributed by atoms with E-state index < -0.39 is 29.9 Å². The zero-order valence-corrected chi connectivity index (χ0v) is 16.3. The maximum absolute atomic E-state index is 12.7. The van der Waals surface area contributed by atoms with Gasteiger partial charge in [-0.3, -0.25) is 14.4 Å². The summed E-state index contributed by atoms with van der Waals surface area (Å²) in [6.45, 7) is 4.25. The molecule has 2 atom stereocenters. The van der Waals surface area contributed by atoms with Gasteiger partial charge in [0, 0.05) is 19.4 Å². The fourth-order valence-corrected chi connectivity index (χ4v) is 3.20. The van der Waals surface area contributed by atoms with E-state index in [-0.39, 0.29) is 18.2 Å². The van der Waals surface area contributed by atoms with E-state index in [1.54, 1.807) is 0 Å². The lowest BCUT2D eigenvalue weighted by Crippen LogP contribution is -2.48. The summed E-state index contributed by atoms with van der Waals surface area (Å²) in [5.41, 5.74) is 6.36. The topological polar surface area (TPSA) is 122 Å². The molecule has 0 aliphatic carbocycles. The van der Waals surface area contributed by atoms with Crippen LogP contribution in [-0.4, -0.2) is 47.3 Å². The van der Waals surface area contributed by atoms with Gasteiger partial charge in [0.2, 0.25) is 11.8 Å². The van der Waals surface area contributed by atoms with Crippen molar-refractivity contribution in [3.8, 4) is 0 Å². The van der Waals surface area contributed by atoms with Crippen molar-refractivity contribution in [2.24, 2.45) is 11.7 Å². The van der Waals surface area contributed by atoms with Crippen LogP contribution in [0, 0.1) is 5.92 Å². The van der Waals surface area contributed by atoms with Crippen molar-refractivity contribution in [1.82, 2.24) is 15.5 Å². The molecule has 152 valence electrons. The van der Waals surface area contributed by atoms with E-state index >= 15 is 0 Å². The van der Waals surface area contributed by atoms with Crippen LogP contribution in [0.15, 0.2) is 30.3 Å². The molecular formula is C20H28N4O4. The van der Waals surface area contributed by atoms with E-state index in [1.165, 1.54) is 0 Å². The molecule has 0 aromatic heterocycles. The Labute approximate surface area is 164 Å². The summed E-state index contributed by atoms with van der Waals surface area (Å²) in [7, 11) is 0. The van der Waals surface area contributed by atoms with Crippen LogP contribution in [-0.2, 0) is 20.8 Å². The van der Waals surface area contributed by atoms with Gasteiger partial charge in [0.15, 0.2) is 0 Å². The molecule has 8 heteroatoms. The van der Waals surface area contributed by atoms with Crippen LogP contribution < -0.4 is 16.4 Å². The van der Waals surface area contributed by atoms with Crippen molar-refractivity contribution in [1.29, 1.82) is 0 Å². The first-order chi connectivity index (χ1) is 13.3. The molecule has 1 fully saturated rings. The lowest BCUT2D eigenvalue weighted by Gasteiger charge is -2.22. The fraction of sp³-hybridized carbons (Fsp3) is 0.500. The number of hydrogen-bond acceptors (Lipinski definition) is 4. The average molecular weight is 388 g/mol. The average Bonchev–Trinajstić information content (AvgIpc) is 2.89. The Bertz CT molecular complexity index is 720. The molecule has 1 heterocycles. The summed E-state index contributed by atoms with van der Waals surface area (Å²) < 4.78 is 0. The number of rotatable bonds is 10. The zero-order chi connectivity index (χ0) is 20.7. The summed E-state index contributed by atoms with van der Waals surface area (Å²) in [5.74, 6) is -1.01. The largest absolute Gasteiger partial charge is 0.368 e. The molecule has 2 rings (SSSR count). The maximum atomic E-state index is 12.7. The SMILES string of the molecule is CC(C)CC(=O)NCCCC(C(N)=O)N1C(=O)NC(Cc2ccccc2)C1=O. The number of primary amides is 1. The molecule has 4 N–H and O–H groups in total. The molecular weight excluding hydrogens is 360 g/mol. The minimum atomic E-state index is -1.03. The Hall–Kier alpha value is -2.90. The third-order valence-corrected chi connectivity index (χ3v) is 4.54. The van der Waals surface area contributed by atoms with Gasteiger partial charge >= 0.3 is 6.03 Å². The first-order valence-corrected chi connectivity index (χ1v) is 9.53. The maximum Gasteiger partial charge on any atom is 0.325 e. The predicted molar refractivity (Wildman–Crippen MR) is 104 cm³/mol. The van der Waals surface area contributed by atoms with Crippen LogP contribution in [0.5, 0.6) is 0 Å². The highest BCUT2D eigenvalue weighted by Crippen LogP contribution is 2.17. The molecule has 1 aliphatic heterocycles. The Morgan fingerprint density at radius 3 is 2.50 bits per heavy atom. The Balaban J connectivity index is 1.93. The lowest BCUT2D eigenvalue weighted by molar-refractivity contribution is -0.135. The number of carbonyl (C=O) groups is 4. The van der Waals surface area contributed by atoms with Crippen LogP contribution in [0.3, 0.4) is 0 Å². The molecule has 0 radical (unpaired) electrons. The number of hydrogen-bond donors (Lipinski definition) is 3. The van der Waals surface area contributed by atoms with Crippen molar-refractivity contribution in [3.63, 3.8) is 0 Å². The third kappa shape index (κ3) is 5.80. The second-order valence-corrected chi connectivity index (χ2v) is 7.41. The molecule has 1 aromatic carbocycles. The normalized spacial score (nSPS) is 17.5. The molecule has 1 aliphatic rings. The van der Waals surface area contributed by atoms with E-state index in [0.29, 0.717) is 25.8 Å². The third-order valence-electron chi connectivity index (χ3n) is 4.54. The number of imide groups is 1. The van der Waals surface area contributed by atoms with Crippen molar-refractivity contribution < 1.29 is 19.2 Å². The molecule has 8 nitrogen and oxygen atoms in total. The van der Waals surface area contributed by atoms with Crippen LogP contribution in [0.4, 0.5) is 4.79 Å². The van der Waals surface area contributed by atoms with E-state index in [0.717, 1.165) is 10.5 Å². The second-order valence-electron chi connectivity index (χ2n) is 7.41. The van der Waals surface area contributed by atoms with Gasteiger partial charge in [0.1, 0.15) is 12.1 Å². The van der Waals surface area contributed by atoms with Gasteiger partial charge in [-0.2, -0.15) is 0 Å². The molecule has 0 bridgehead atoms. The van der Waals surface area contributed by atoms with Crippen LogP contribution >= 0.6 is 0 Å². The van der Waals surface area contributed by atoms with E-state index in [4.69, 9.17) is 5.73 Å².